The number of aryl methyl sites for hydroxylation is 1. The van der Waals surface area contributed by atoms with E-state index >= 15 is 0 Å². The Balaban J connectivity index is 0.000000604. The molecule has 0 N–H and O–H groups in total. The summed E-state index contributed by atoms with van der Waals surface area (Å²) in [6.07, 6.45) is 10.8. The summed E-state index contributed by atoms with van der Waals surface area (Å²) in [5.74, 6) is 0.821. The molecule has 29 heavy (non-hydrogen) atoms. The van der Waals surface area contributed by atoms with E-state index in [0.29, 0.717) is 0 Å². The van der Waals surface area contributed by atoms with Gasteiger partial charge >= 0.3 is 0 Å². The third-order valence-corrected chi connectivity index (χ3v) is 6.35. The second-order valence-electron chi connectivity index (χ2n) is 7.96. The molecule has 6 heteroatoms. The lowest BCUT2D eigenvalue weighted by atomic mass is 10.1. The van der Waals surface area contributed by atoms with Crippen LogP contribution in [0.3, 0.4) is 0 Å². The Bertz CT molecular complexity index is 608. The van der Waals surface area contributed by atoms with Crippen molar-refractivity contribution >= 4 is 21.7 Å². The Labute approximate surface area is 185 Å². The number of benzene rings is 1. The van der Waals surface area contributed by atoms with Crippen molar-refractivity contribution in [2.24, 2.45) is 0 Å². The number of unbranched alkanes of at least 4 members (excludes halogenated alkanes) is 5. The van der Waals surface area contributed by atoms with Crippen LogP contribution in [0.2, 0.25) is 0 Å². The first-order chi connectivity index (χ1) is 13.7. The van der Waals surface area contributed by atoms with Crippen molar-refractivity contribution in [3.63, 3.8) is 0 Å². The van der Waals surface area contributed by atoms with Crippen molar-refractivity contribution in [2.75, 3.05) is 32.1 Å². The van der Waals surface area contributed by atoms with Crippen LogP contribution in [0.4, 0.5) is 0 Å². The first kappa shape index (κ1) is 28.4. The van der Waals surface area contributed by atoms with Crippen molar-refractivity contribution < 1.29 is 17.5 Å². The lowest BCUT2D eigenvalue weighted by Crippen LogP contribution is -2.51. The third-order valence-electron chi connectivity index (χ3n) is 5.33. The molecule has 0 aliphatic rings. The molecule has 170 valence electrons. The second kappa shape index (κ2) is 16.1. The molecule has 0 unspecified atom stereocenters. The fourth-order valence-corrected chi connectivity index (χ4v) is 4.27. The topological polar surface area (TPSA) is 57.2 Å². The number of quaternary nitrogens is 1. The summed E-state index contributed by atoms with van der Waals surface area (Å²) in [6, 6.07) is 5.78. The summed E-state index contributed by atoms with van der Waals surface area (Å²) in [7, 11) is -4.27. The van der Waals surface area contributed by atoms with Crippen LogP contribution < -0.4 is 0 Å². The van der Waals surface area contributed by atoms with E-state index in [9.17, 15) is 13.0 Å². The zero-order chi connectivity index (χ0) is 22.2. The van der Waals surface area contributed by atoms with E-state index in [1.165, 1.54) is 94.2 Å². The maximum absolute atomic E-state index is 10.4. The van der Waals surface area contributed by atoms with E-state index in [1.54, 1.807) is 12.1 Å². The van der Waals surface area contributed by atoms with Gasteiger partial charge in [-0.25, -0.2) is 8.42 Å². The van der Waals surface area contributed by atoms with Gasteiger partial charge in [0, 0.05) is 0 Å². The van der Waals surface area contributed by atoms with Gasteiger partial charge in [-0.1, -0.05) is 57.7 Å². The second-order valence-corrected chi connectivity index (χ2v) is 9.72. The standard InChI is InChI=1S/C16H35ClN.C7H8O3S/c1-4-7-10-14-18(16-12-17,13-9-6-3)15-11-8-5-2;1-6-2-4-7(5-3-6)11(8,9)10/h4-16H2,1-3H3;2-5H,1H3,(H,8,9,10)/q+1;/p-1. The smallest absolute Gasteiger partial charge is 0.124 e. The number of hydrogen-bond acceptors (Lipinski definition) is 3. The Hall–Kier alpha value is -0.620. The molecule has 0 saturated heterocycles. The molecule has 0 amide bonds. The largest absolute Gasteiger partial charge is 0.744 e. The van der Waals surface area contributed by atoms with Gasteiger partial charge in [0.15, 0.2) is 0 Å². The summed E-state index contributed by atoms with van der Waals surface area (Å²) >= 11 is 6.07. The third kappa shape index (κ3) is 13.3. The van der Waals surface area contributed by atoms with Crippen LogP contribution in [0, 0.1) is 6.92 Å². The van der Waals surface area contributed by atoms with E-state index in [-0.39, 0.29) is 4.90 Å². The fraction of sp³-hybridized carbons (Fsp3) is 0.739. The highest BCUT2D eigenvalue weighted by Gasteiger charge is 2.24. The molecule has 1 rings (SSSR count). The van der Waals surface area contributed by atoms with Gasteiger partial charge in [0.25, 0.3) is 0 Å². The highest BCUT2D eigenvalue weighted by atomic mass is 35.5. The molecule has 1 aromatic rings. The van der Waals surface area contributed by atoms with Gasteiger partial charge in [-0.05, 0) is 51.2 Å². The van der Waals surface area contributed by atoms with Crippen LogP contribution in [0.15, 0.2) is 29.2 Å². The first-order valence-corrected chi connectivity index (χ1v) is 13.1. The number of hydrogen-bond donors (Lipinski definition) is 0. The highest BCUT2D eigenvalue weighted by Crippen LogP contribution is 2.16. The molecular formula is C23H42ClNO3S. The monoisotopic (exact) mass is 447 g/mol. The molecule has 0 saturated carbocycles. The molecule has 0 bridgehead atoms. The summed E-state index contributed by atoms with van der Waals surface area (Å²) in [4.78, 5) is -0.178. The summed E-state index contributed by atoms with van der Waals surface area (Å²) in [6.45, 7) is 13.9. The van der Waals surface area contributed by atoms with Crippen molar-refractivity contribution in [3.05, 3.63) is 29.8 Å². The van der Waals surface area contributed by atoms with Crippen molar-refractivity contribution in [1.82, 2.24) is 0 Å². The van der Waals surface area contributed by atoms with Gasteiger partial charge < -0.3 is 9.04 Å². The van der Waals surface area contributed by atoms with Crippen LogP contribution in [-0.2, 0) is 10.1 Å². The van der Waals surface area contributed by atoms with E-state index in [0.717, 1.165) is 11.4 Å². The number of nitrogens with zero attached hydrogens (tertiary/aromatic N) is 1. The molecule has 4 nitrogen and oxygen atoms in total. The van der Waals surface area contributed by atoms with E-state index in [2.05, 4.69) is 20.8 Å². The average molecular weight is 448 g/mol. The van der Waals surface area contributed by atoms with Gasteiger partial charge in [0.2, 0.25) is 0 Å². The Morgan fingerprint density at radius 2 is 1.24 bits per heavy atom. The van der Waals surface area contributed by atoms with Crippen molar-refractivity contribution in [2.45, 2.75) is 84.0 Å². The molecule has 0 spiro atoms. The number of alkyl halides is 1. The predicted molar refractivity (Wildman–Crippen MR) is 124 cm³/mol. The van der Waals surface area contributed by atoms with Crippen LogP contribution in [-0.4, -0.2) is 49.5 Å². The molecule has 0 aliphatic carbocycles. The lowest BCUT2D eigenvalue weighted by Gasteiger charge is -2.39. The maximum Gasteiger partial charge on any atom is 0.124 e. The quantitative estimate of drug-likeness (QED) is 0.149. The van der Waals surface area contributed by atoms with E-state index < -0.39 is 10.1 Å². The van der Waals surface area contributed by atoms with Gasteiger partial charge in [-0.15, -0.1) is 11.6 Å². The number of rotatable bonds is 14. The minimum atomic E-state index is -4.27. The molecule has 0 fully saturated rings. The van der Waals surface area contributed by atoms with Crippen molar-refractivity contribution in [3.8, 4) is 0 Å². The molecule has 1 aromatic carbocycles. The highest BCUT2D eigenvalue weighted by molar-refractivity contribution is 7.85. The molecule has 0 atom stereocenters. The predicted octanol–water partition coefficient (Wildman–Crippen LogP) is 6.12. The van der Waals surface area contributed by atoms with E-state index in [4.69, 9.17) is 11.6 Å². The molecule has 0 aliphatic heterocycles. The van der Waals surface area contributed by atoms with E-state index in [1.807, 2.05) is 6.92 Å². The van der Waals surface area contributed by atoms with Crippen molar-refractivity contribution in [1.29, 1.82) is 0 Å². The molecule has 0 heterocycles. The fourth-order valence-electron chi connectivity index (χ4n) is 3.44. The van der Waals surface area contributed by atoms with Crippen LogP contribution in [0.5, 0.6) is 0 Å². The van der Waals surface area contributed by atoms with Crippen LogP contribution in [0.25, 0.3) is 0 Å². The lowest BCUT2D eigenvalue weighted by molar-refractivity contribution is -0.926. The molecular weight excluding hydrogens is 406 g/mol. The first-order valence-electron chi connectivity index (χ1n) is 11.2. The Morgan fingerprint density at radius 1 is 0.793 bits per heavy atom. The molecule has 0 radical (unpaired) electrons. The zero-order valence-corrected chi connectivity index (χ0v) is 20.5. The van der Waals surface area contributed by atoms with Gasteiger partial charge in [0.05, 0.1) is 37.0 Å². The summed E-state index contributed by atoms with van der Waals surface area (Å²) in [5, 5.41) is 0. The van der Waals surface area contributed by atoms with Gasteiger partial charge in [-0.2, -0.15) is 0 Å². The summed E-state index contributed by atoms with van der Waals surface area (Å²) in [5.41, 5.74) is 0.928. The van der Waals surface area contributed by atoms with Crippen LogP contribution in [0.1, 0.15) is 77.7 Å². The molecule has 0 aromatic heterocycles. The number of halogens is 1. The summed E-state index contributed by atoms with van der Waals surface area (Å²) < 4.78 is 32.5. The maximum atomic E-state index is 10.4. The normalized spacial score (nSPS) is 11.8. The average Bonchev–Trinajstić information content (AvgIpc) is 2.67. The van der Waals surface area contributed by atoms with Gasteiger partial charge in [0.1, 0.15) is 10.1 Å². The van der Waals surface area contributed by atoms with Crippen LogP contribution >= 0.6 is 11.6 Å². The Kier molecular flexibility index (Phi) is 15.8. The zero-order valence-electron chi connectivity index (χ0n) is 19.0. The Morgan fingerprint density at radius 3 is 1.62 bits per heavy atom. The SMILES string of the molecule is CCCCC[N+](CCCl)(CCCC)CCCCC.Cc1ccc(S(=O)(=O)[O-])cc1. The minimum Gasteiger partial charge on any atom is -0.744 e. The van der Waals surface area contributed by atoms with Gasteiger partial charge in [-0.3, -0.25) is 0 Å². The minimum absolute atomic E-state index is 0.178.